The maximum absolute atomic E-state index is 12.5. The molecule has 0 bridgehead atoms. The number of rotatable bonds is 4. The van der Waals surface area contributed by atoms with Gasteiger partial charge in [-0.25, -0.2) is 13.4 Å². The molecule has 1 heterocycles. The third-order valence-electron chi connectivity index (χ3n) is 3.47. The van der Waals surface area contributed by atoms with Gasteiger partial charge in [-0.3, -0.25) is 4.72 Å². The van der Waals surface area contributed by atoms with Gasteiger partial charge in [-0.1, -0.05) is 12.1 Å². The summed E-state index contributed by atoms with van der Waals surface area (Å²) in [7, 11) is -2.07. The van der Waals surface area contributed by atoms with Gasteiger partial charge in [0.25, 0.3) is 10.0 Å². The molecule has 2 aromatic carbocycles. The highest BCUT2D eigenvalue weighted by Crippen LogP contribution is 2.26. The Morgan fingerprint density at radius 1 is 1.09 bits per heavy atom. The van der Waals surface area contributed by atoms with Crippen LogP contribution in [-0.4, -0.2) is 20.5 Å². The van der Waals surface area contributed by atoms with Crippen LogP contribution < -0.4 is 9.46 Å². The molecule has 3 aromatic rings. The highest BCUT2D eigenvalue weighted by Gasteiger charge is 2.14. The predicted octanol–water partition coefficient (Wildman–Crippen LogP) is 3.35. The second-order valence-corrected chi connectivity index (χ2v) is 6.86. The van der Waals surface area contributed by atoms with E-state index in [4.69, 9.17) is 4.74 Å². The molecule has 0 saturated carbocycles. The zero-order valence-electron chi connectivity index (χ0n) is 12.8. The lowest BCUT2D eigenvalue weighted by atomic mass is 10.1. The summed E-state index contributed by atoms with van der Waals surface area (Å²) in [6.07, 6.45) is 1.63. The van der Waals surface area contributed by atoms with Crippen molar-refractivity contribution in [2.75, 3.05) is 11.8 Å². The van der Waals surface area contributed by atoms with Gasteiger partial charge in [-0.15, -0.1) is 0 Å². The zero-order valence-corrected chi connectivity index (χ0v) is 13.6. The number of aromatic nitrogens is 1. The largest absolute Gasteiger partial charge is 0.481 e. The predicted molar refractivity (Wildman–Crippen MR) is 90.3 cm³/mol. The number of ether oxygens (including phenoxy) is 1. The van der Waals surface area contributed by atoms with Crippen LogP contribution in [-0.2, 0) is 10.0 Å². The Morgan fingerprint density at radius 3 is 2.65 bits per heavy atom. The van der Waals surface area contributed by atoms with Crippen LogP contribution >= 0.6 is 0 Å². The van der Waals surface area contributed by atoms with Crippen molar-refractivity contribution < 1.29 is 13.2 Å². The molecule has 5 nitrogen and oxygen atoms in total. The van der Waals surface area contributed by atoms with Crippen LogP contribution in [0.1, 0.15) is 5.56 Å². The molecular weight excluding hydrogens is 312 g/mol. The van der Waals surface area contributed by atoms with Gasteiger partial charge >= 0.3 is 0 Å². The van der Waals surface area contributed by atoms with Crippen molar-refractivity contribution in [2.24, 2.45) is 0 Å². The molecule has 0 aliphatic heterocycles. The van der Waals surface area contributed by atoms with Crippen molar-refractivity contribution in [2.45, 2.75) is 11.8 Å². The Balaban J connectivity index is 1.98. The Kier molecular flexibility index (Phi) is 3.92. The molecule has 0 amide bonds. The fourth-order valence-electron chi connectivity index (χ4n) is 2.37. The highest BCUT2D eigenvalue weighted by molar-refractivity contribution is 7.92. The van der Waals surface area contributed by atoms with Crippen LogP contribution in [0.4, 0.5) is 5.69 Å². The molecule has 0 spiro atoms. The molecule has 0 fully saturated rings. The third kappa shape index (κ3) is 3.12. The van der Waals surface area contributed by atoms with Crippen LogP contribution in [0.15, 0.2) is 59.6 Å². The molecule has 0 atom stereocenters. The SMILES string of the molecule is COc1nccc2cc(NS(=O)(=O)c3cccc(C)c3)ccc12. The van der Waals surface area contributed by atoms with E-state index in [-0.39, 0.29) is 4.90 Å². The first kappa shape index (κ1) is 15.3. The summed E-state index contributed by atoms with van der Waals surface area (Å²) in [4.78, 5) is 4.37. The van der Waals surface area contributed by atoms with Crippen LogP contribution in [0.5, 0.6) is 5.88 Å². The Morgan fingerprint density at radius 2 is 1.91 bits per heavy atom. The van der Waals surface area contributed by atoms with Crippen LogP contribution in [0.2, 0.25) is 0 Å². The van der Waals surface area contributed by atoms with Crippen LogP contribution in [0, 0.1) is 6.92 Å². The summed E-state index contributed by atoms with van der Waals surface area (Å²) >= 11 is 0. The second kappa shape index (κ2) is 5.89. The lowest BCUT2D eigenvalue weighted by molar-refractivity contribution is 0.403. The summed E-state index contributed by atoms with van der Waals surface area (Å²) in [6, 6.07) is 13.8. The molecule has 3 rings (SSSR count). The lowest BCUT2D eigenvalue weighted by Gasteiger charge is -2.10. The summed E-state index contributed by atoms with van der Waals surface area (Å²) in [5.41, 5.74) is 1.38. The summed E-state index contributed by atoms with van der Waals surface area (Å²) in [5.74, 6) is 0.510. The van der Waals surface area contributed by atoms with E-state index < -0.39 is 10.0 Å². The van der Waals surface area contributed by atoms with E-state index in [1.165, 1.54) is 0 Å². The molecule has 0 saturated heterocycles. The maximum atomic E-state index is 12.5. The molecule has 0 aliphatic rings. The first-order chi connectivity index (χ1) is 11.0. The van der Waals surface area contributed by atoms with Crippen molar-refractivity contribution in [3.63, 3.8) is 0 Å². The number of pyridine rings is 1. The maximum Gasteiger partial charge on any atom is 0.261 e. The number of nitrogens with zero attached hydrogens (tertiary/aromatic N) is 1. The number of methoxy groups -OCH3 is 1. The fourth-order valence-corrected chi connectivity index (χ4v) is 3.53. The zero-order chi connectivity index (χ0) is 16.4. The minimum atomic E-state index is -3.62. The first-order valence-corrected chi connectivity index (χ1v) is 8.50. The Bertz CT molecular complexity index is 968. The molecule has 6 heteroatoms. The van der Waals surface area contributed by atoms with E-state index in [0.717, 1.165) is 16.3 Å². The number of aryl methyl sites for hydroxylation is 1. The summed E-state index contributed by atoms with van der Waals surface area (Å²) in [5, 5.41) is 1.68. The first-order valence-electron chi connectivity index (χ1n) is 7.02. The van der Waals surface area contributed by atoms with Crippen LogP contribution in [0.25, 0.3) is 10.8 Å². The van der Waals surface area contributed by atoms with Gasteiger partial charge in [-0.2, -0.15) is 0 Å². The Hall–Kier alpha value is -2.60. The lowest BCUT2D eigenvalue weighted by Crippen LogP contribution is -2.13. The molecule has 0 unspecified atom stereocenters. The number of benzene rings is 2. The molecule has 23 heavy (non-hydrogen) atoms. The number of sulfonamides is 1. The number of fused-ring (bicyclic) bond motifs is 1. The summed E-state index contributed by atoms with van der Waals surface area (Å²) < 4.78 is 32.7. The van der Waals surface area contributed by atoms with Crippen LogP contribution in [0.3, 0.4) is 0 Å². The summed E-state index contributed by atoms with van der Waals surface area (Å²) in [6.45, 7) is 1.86. The van der Waals surface area contributed by atoms with E-state index >= 15 is 0 Å². The standard InChI is InChI=1S/C17H16N2O3S/c1-12-4-3-5-15(10-12)23(20,21)19-14-6-7-16-13(11-14)8-9-18-17(16)22-2/h3-11,19H,1-2H3. The average molecular weight is 328 g/mol. The number of hydrogen-bond acceptors (Lipinski definition) is 4. The molecule has 0 radical (unpaired) electrons. The molecule has 118 valence electrons. The van der Waals surface area contributed by atoms with Crippen molar-refractivity contribution in [1.82, 2.24) is 4.98 Å². The Labute approximate surface area is 135 Å². The fraction of sp³-hybridized carbons (Fsp3) is 0.118. The third-order valence-corrected chi connectivity index (χ3v) is 4.85. The van der Waals surface area contributed by atoms with E-state index in [0.29, 0.717) is 11.6 Å². The van der Waals surface area contributed by atoms with Gasteiger partial charge in [-0.05, 0) is 54.3 Å². The highest BCUT2D eigenvalue weighted by atomic mass is 32.2. The topological polar surface area (TPSA) is 68.3 Å². The van der Waals surface area contributed by atoms with Gasteiger partial charge in [0.1, 0.15) is 0 Å². The molecule has 1 aromatic heterocycles. The number of nitrogens with one attached hydrogen (secondary N) is 1. The van der Waals surface area contributed by atoms with Crippen molar-refractivity contribution in [1.29, 1.82) is 0 Å². The monoisotopic (exact) mass is 328 g/mol. The van der Waals surface area contributed by atoms with E-state index in [2.05, 4.69) is 9.71 Å². The van der Waals surface area contributed by atoms with E-state index in [1.54, 1.807) is 49.7 Å². The van der Waals surface area contributed by atoms with Gasteiger partial charge < -0.3 is 4.74 Å². The van der Waals surface area contributed by atoms with E-state index in [9.17, 15) is 8.42 Å². The second-order valence-electron chi connectivity index (χ2n) is 5.18. The number of anilines is 1. The van der Waals surface area contributed by atoms with Gasteiger partial charge in [0.05, 0.1) is 12.0 Å². The minimum absolute atomic E-state index is 0.241. The van der Waals surface area contributed by atoms with Crippen molar-refractivity contribution in [3.8, 4) is 5.88 Å². The molecule has 0 aliphatic carbocycles. The molecular formula is C17H16N2O3S. The van der Waals surface area contributed by atoms with Gasteiger partial charge in [0.15, 0.2) is 0 Å². The normalized spacial score (nSPS) is 11.4. The minimum Gasteiger partial charge on any atom is -0.481 e. The van der Waals surface area contributed by atoms with Gasteiger partial charge in [0.2, 0.25) is 5.88 Å². The van der Waals surface area contributed by atoms with Gasteiger partial charge in [0, 0.05) is 17.3 Å². The number of hydrogen-bond donors (Lipinski definition) is 1. The smallest absolute Gasteiger partial charge is 0.261 e. The molecule has 1 N–H and O–H groups in total. The quantitative estimate of drug-likeness (QED) is 0.797. The average Bonchev–Trinajstić information content (AvgIpc) is 2.53. The van der Waals surface area contributed by atoms with Crippen molar-refractivity contribution in [3.05, 3.63) is 60.3 Å². The van der Waals surface area contributed by atoms with Crippen molar-refractivity contribution >= 4 is 26.5 Å². The van der Waals surface area contributed by atoms with E-state index in [1.807, 2.05) is 19.1 Å².